The Balaban J connectivity index is 1.87. The number of carboxylic acid groups (broad SMARTS) is 1. The minimum Gasteiger partial charge on any atom is -0.484 e. The molecule has 1 amide bonds. The Morgan fingerprint density at radius 1 is 1.40 bits per heavy atom. The first-order valence-electron chi connectivity index (χ1n) is 6.82. The number of hydrogen-bond acceptors (Lipinski definition) is 3. The minimum atomic E-state index is -1.08. The van der Waals surface area contributed by atoms with Crippen LogP contribution >= 0.6 is 0 Å². The van der Waals surface area contributed by atoms with Gasteiger partial charge in [-0.25, -0.2) is 4.79 Å². The molecule has 1 saturated carbocycles. The number of hydrogen-bond donors (Lipinski definition) is 2. The lowest BCUT2D eigenvalue weighted by Crippen LogP contribution is -2.59. The van der Waals surface area contributed by atoms with Gasteiger partial charge >= 0.3 is 5.97 Å². The van der Waals surface area contributed by atoms with E-state index in [-0.39, 0.29) is 6.61 Å². The molecule has 0 atom stereocenters. The first kappa shape index (κ1) is 14.4. The molecule has 1 aromatic rings. The monoisotopic (exact) mass is 277 g/mol. The van der Waals surface area contributed by atoms with Crippen molar-refractivity contribution in [2.45, 2.75) is 38.1 Å². The molecule has 1 aromatic carbocycles. The molecule has 0 unspecified atom stereocenters. The van der Waals surface area contributed by atoms with E-state index < -0.39 is 17.4 Å². The van der Waals surface area contributed by atoms with Gasteiger partial charge in [-0.2, -0.15) is 0 Å². The smallest absolute Gasteiger partial charge is 0.329 e. The Morgan fingerprint density at radius 3 is 2.70 bits per heavy atom. The van der Waals surface area contributed by atoms with E-state index in [1.165, 1.54) is 0 Å². The first-order chi connectivity index (χ1) is 9.55. The molecule has 1 aliphatic rings. The van der Waals surface area contributed by atoms with Crippen LogP contribution in [0.1, 0.15) is 31.7 Å². The SMILES string of the molecule is CCc1cccc(OCC(=O)NC2(C(=O)O)CCC2)c1. The van der Waals surface area contributed by atoms with Crippen LogP contribution in [0.4, 0.5) is 0 Å². The summed E-state index contributed by atoms with van der Waals surface area (Å²) in [5.74, 6) is -0.739. The highest BCUT2D eigenvalue weighted by Gasteiger charge is 2.45. The lowest BCUT2D eigenvalue weighted by Gasteiger charge is -2.38. The quantitative estimate of drug-likeness (QED) is 0.830. The lowest BCUT2D eigenvalue weighted by molar-refractivity contribution is -0.152. The molecule has 1 aliphatic carbocycles. The summed E-state index contributed by atoms with van der Waals surface area (Å²) in [6, 6.07) is 7.52. The summed E-state index contributed by atoms with van der Waals surface area (Å²) in [7, 11) is 0. The highest BCUT2D eigenvalue weighted by atomic mass is 16.5. The van der Waals surface area contributed by atoms with E-state index in [1.807, 2.05) is 25.1 Å². The Labute approximate surface area is 117 Å². The first-order valence-corrected chi connectivity index (χ1v) is 6.82. The zero-order valence-electron chi connectivity index (χ0n) is 11.5. The second-order valence-electron chi connectivity index (χ2n) is 5.08. The van der Waals surface area contributed by atoms with Crippen molar-refractivity contribution in [1.29, 1.82) is 0 Å². The van der Waals surface area contributed by atoms with Crippen LogP contribution in [0.15, 0.2) is 24.3 Å². The van der Waals surface area contributed by atoms with Gasteiger partial charge in [-0.3, -0.25) is 4.79 Å². The van der Waals surface area contributed by atoms with Crippen molar-refractivity contribution in [3.63, 3.8) is 0 Å². The summed E-state index contributed by atoms with van der Waals surface area (Å²) in [5, 5.41) is 11.7. The van der Waals surface area contributed by atoms with Gasteiger partial charge < -0.3 is 15.2 Å². The number of benzene rings is 1. The van der Waals surface area contributed by atoms with Crippen molar-refractivity contribution in [3.8, 4) is 5.75 Å². The van der Waals surface area contributed by atoms with Crippen LogP contribution in [0.2, 0.25) is 0 Å². The molecule has 0 radical (unpaired) electrons. The fourth-order valence-electron chi connectivity index (χ4n) is 2.23. The van der Waals surface area contributed by atoms with E-state index >= 15 is 0 Å². The Hall–Kier alpha value is -2.04. The van der Waals surface area contributed by atoms with Crippen molar-refractivity contribution < 1.29 is 19.4 Å². The lowest BCUT2D eigenvalue weighted by atomic mass is 9.77. The maximum Gasteiger partial charge on any atom is 0.329 e. The minimum absolute atomic E-state index is 0.164. The van der Waals surface area contributed by atoms with E-state index in [2.05, 4.69) is 5.32 Å². The summed E-state index contributed by atoms with van der Waals surface area (Å²) in [6.07, 6.45) is 2.69. The number of carbonyl (C=O) groups excluding carboxylic acids is 1. The van der Waals surface area contributed by atoms with Crippen molar-refractivity contribution in [3.05, 3.63) is 29.8 Å². The van der Waals surface area contributed by atoms with Crippen LogP contribution < -0.4 is 10.1 Å². The van der Waals surface area contributed by atoms with Gasteiger partial charge in [-0.1, -0.05) is 19.1 Å². The highest BCUT2D eigenvalue weighted by Crippen LogP contribution is 2.31. The Kier molecular flexibility index (Phi) is 4.27. The van der Waals surface area contributed by atoms with E-state index in [0.717, 1.165) is 18.4 Å². The average molecular weight is 277 g/mol. The molecule has 0 aliphatic heterocycles. The molecular formula is C15H19NO4. The molecule has 5 nitrogen and oxygen atoms in total. The highest BCUT2D eigenvalue weighted by molar-refractivity contribution is 5.88. The number of ether oxygens (including phenoxy) is 1. The number of aliphatic carboxylic acids is 1. The summed E-state index contributed by atoms with van der Waals surface area (Å²) in [6.45, 7) is 1.88. The van der Waals surface area contributed by atoms with E-state index in [0.29, 0.717) is 18.6 Å². The van der Waals surface area contributed by atoms with Gasteiger partial charge in [0, 0.05) is 0 Å². The molecule has 0 aromatic heterocycles. The van der Waals surface area contributed by atoms with Gasteiger partial charge in [0.05, 0.1) is 0 Å². The fraction of sp³-hybridized carbons (Fsp3) is 0.467. The second kappa shape index (κ2) is 5.94. The Morgan fingerprint density at radius 2 is 2.15 bits per heavy atom. The molecule has 0 spiro atoms. The molecule has 1 fully saturated rings. The van der Waals surface area contributed by atoms with Crippen LogP contribution in [0.5, 0.6) is 5.75 Å². The molecule has 0 heterocycles. The standard InChI is InChI=1S/C15H19NO4/c1-2-11-5-3-6-12(9-11)20-10-13(17)16-15(14(18)19)7-4-8-15/h3,5-6,9H,2,4,7-8,10H2,1H3,(H,16,17)(H,18,19). The molecular weight excluding hydrogens is 258 g/mol. The predicted molar refractivity (Wildman–Crippen MR) is 73.7 cm³/mol. The fourth-order valence-corrected chi connectivity index (χ4v) is 2.23. The van der Waals surface area contributed by atoms with Crippen molar-refractivity contribution in [2.24, 2.45) is 0 Å². The zero-order valence-corrected chi connectivity index (χ0v) is 11.5. The van der Waals surface area contributed by atoms with Gasteiger partial charge in [0.25, 0.3) is 5.91 Å². The molecule has 0 saturated heterocycles. The summed E-state index contributed by atoms with van der Waals surface area (Å²) in [5.41, 5.74) is 0.0509. The molecule has 2 N–H and O–H groups in total. The number of carbonyl (C=O) groups is 2. The molecule has 0 bridgehead atoms. The predicted octanol–water partition coefficient (Wildman–Crippen LogP) is 1.75. The van der Waals surface area contributed by atoms with Gasteiger partial charge in [0.15, 0.2) is 6.61 Å². The van der Waals surface area contributed by atoms with Crippen LogP contribution in [0, 0.1) is 0 Å². The summed E-state index contributed by atoms with van der Waals surface area (Å²) in [4.78, 5) is 22.9. The maximum atomic E-state index is 11.8. The topological polar surface area (TPSA) is 75.6 Å². The Bertz CT molecular complexity index is 508. The molecule has 2 rings (SSSR count). The van der Waals surface area contributed by atoms with Crippen LogP contribution in [0.3, 0.4) is 0 Å². The zero-order chi connectivity index (χ0) is 14.6. The van der Waals surface area contributed by atoms with Crippen molar-refractivity contribution in [1.82, 2.24) is 5.32 Å². The van der Waals surface area contributed by atoms with Crippen molar-refractivity contribution >= 4 is 11.9 Å². The second-order valence-corrected chi connectivity index (χ2v) is 5.08. The van der Waals surface area contributed by atoms with E-state index in [9.17, 15) is 9.59 Å². The molecule has 108 valence electrons. The van der Waals surface area contributed by atoms with Gasteiger partial charge in [0.2, 0.25) is 0 Å². The normalized spacial score (nSPS) is 16.1. The maximum absolute atomic E-state index is 11.8. The summed E-state index contributed by atoms with van der Waals surface area (Å²) >= 11 is 0. The van der Waals surface area contributed by atoms with Crippen LogP contribution in [0.25, 0.3) is 0 Å². The molecule has 20 heavy (non-hydrogen) atoms. The number of carboxylic acids is 1. The number of amides is 1. The average Bonchev–Trinajstić information content (AvgIpc) is 2.40. The van der Waals surface area contributed by atoms with Gasteiger partial charge in [-0.05, 0) is 43.4 Å². The number of aryl methyl sites for hydroxylation is 1. The molecule has 5 heteroatoms. The summed E-state index contributed by atoms with van der Waals surface area (Å²) < 4.78 is 5.40. The third-order valence-electron chi connectivity index (χ3n) is 3.67. The third kappa shape index (κ3) is 3.10. The van der Waals surface area contributed by atoms with Crippen molar-refractivity contribution in [2.75, 3.05) is 6.61 Å². The third-order valence-corrected chi connectivity index (χ3v) is 3.67. The number of rotatable bonds is 6. The van der Waals surface area contributed by atoms with E-state index in [4.69, 9.17) is 9.84 Å². The van der Waals surface area contributed by atoms with Crippen LogP contribution in [-0.4, -0.2) is 29.1 Å². The van der Waals surface area contributed by atoms with Gasteiger partial charge in [-0.15, -0.1) is 0 Å². The van der Waals surface area contributed by atoms with Gasteiger partial charge in [0.1, 0.15) is 11.3 Å². The largest absolute Gasteiger partial charge is 0.484 e. The van der Waals surface area contributed by atoms with Crippen LogP contribution in [-0.2, 0) is 16.0 Å². The van der Waals surface area contributed by atoms with E-state index in [1.54, 1.807) is 6.07 Å². The number of nitrogens with one attached hydrogen (secondary N) is 1.